The maximum Gasteiger partial charge on any atom is 0.110 e. The number of ether oxygens (including phenoxy) is 1. The van der Waals surface area contributed by atoms with Crippen LogP contribution in [-0.2, 0) is 11.8 Å². The lowest BCUT2D eigenvalue weighted by molar-refractivity contribution is 0.0542. The van der Waals surface area contributed by atoms with E-state index < -0.39 is 0 Å². The van der Waals surface area contributed by atoms with Crippen molar-refractivity contribution in [3.05, 3.63) is 54.4 Å². The molecule has 0 radical (unpaired) electrons. The molecule has 0 unspecified atom stereocenters. The van der Waals surface area contributed by atoms with E-state index >= 15 is 0 Å². The minimum absolute atomic E-state index is 0.103. The van der Waals surface area contributed by atoms with Crippen molar-refractivity contribution in [3.8, 4) is 11.4 Å². The first kappa shape index (κ1) is 17.9. The van der Waals surface area contributed by atoms with Crippen molar-refractivity contribution in [2.45, 2.75) is 25.8 Å². The number of nitrogens with zero attached hydrogens (tertiary/aromatic N) is 7. The van der Waals surface area contributed by atoms with Gasteiger partial charge in [0.25, 0.3) is 0 Å². The molecule has 1 aliphatic heterocycles. The molecule has 1 aliphatic rings. The van der Waals surface area contributed by atoms with Gasteiger partial charge in [0.15, 0.2) is 0 Å². The first-order chi connectivity index (χ1) is 14.2. The van der Waals surface area contributed by atoms with E-state index in [1.54, 1.807) is 4.68 Å². The summed E-state index contributed by atoms with van der Waals surface area (Å²) < 4.78 is 9.62. The topological polar surface area (TPSA) is 83.5 Å². The van der Waals surface area contributed by atoms with Crippen molar-refractivity contribution in [1.29, 1.82) is 0 Å². The van der Waals surface area contributed by atoms with Gasteiger partial charge in [-0.2, -0.15) is 0 Å². The van der Waals surface area contributed by atoms with Gasteiger partial charge in [0.05, 0.1) is 41.2 Å². The Labute approximate surface area is 168 Å². The summed E-state index contributed by atoms with van der Waals surface area (Å²) in [6.45, 7) is 3.52. The molecule has 1 fully saturated rings. The van der Waals surface area contributed by atoms with Crippen LogP contribution in [0.5, 0.6) is 0 Å². The van der Waals surface area contributed by atoms with Crippen molar-refractivity contribution in [3.63, 3.8) is 0 Å². The Bertz CT molecular complexity index is 1110. The van der Waals surface area contributed by atoms with Crippen LogP contribution in [0.15, 0.2) is 43.0 Å². The number of aryl methyl sites for hydroxylation is 2. The average Bonchev–Trinajstić information content (AvgIpc) is 3.32. The van der Waals surface area contributed by atoms with Crippen molar-refractivity contribution in [1.82, 2.24) is 34.5 Å². The number of fused-ring (bicyclic) bond motifs is 1. The van der Waals surface area contributed by atoms with E-state index in [9.17, 15) is 0 Å². The number of aromatic nitrogens is 7. The third kappa shape index (κ3) is 3.19. The van der Waals surface area contributed by atoms with Gasteiger partial charge >= 0.3 is 0 Å². The fraction of sp³-hybridized carbons (Fsp3) is 0.381. The quantitative estimate of drug-likeness (QED) is 0.534. The lowest BCUT2D eigenvalue weighted by atomic mass is 9.89. The van der Waals surface area contributed by atoms with Gasteiger partial charge in [0.2, 0.25) is 0 Å². The van der Waals surface area contributed by atoms with E-state index in [1.165, 1.54) is 0 Å². The van der Waals surface area contributed by atoms with Crippen molar-refractivity contribution in [2.24, 2.45) is 13.0 Å². The zero-order chi connectivity index (χ0) is 19.8. The zero-order valence-electron chi connectivity index (χ0n) is 16.6. The van der Waals surface area contributed by atoms with Gasteiger partial charge < -0.3 is 9.30 Å². The fourth-order valence-electron chi connectivity index (χ4n) is 4.29. The molecule has 29 heavy (non-hydrogen) atoms. The lowest BCUT2D eigenvalue weighted by Crippen LogP contribution is -2.27. The largest absolute Gasteiger partial charge is 0.381 e. The van der Waals surface area contributed by atoms with Gasteiger partial charge in [-0.3, -0.25) is 9.97 Å². The maximum absolute atomic E-state index is 5.61. The predicted octanol–water partition coefficient (Wildman–Crippen LogP) is 2.95. The Morgan fingerprint density at radius 3 is 2.72 bits per heavy atom. The van der Waals surface area contributed by atoms with Crippen LogP contribution in [0.3, 0.4) is 0 Å². The molecule has 0 aromatic carbocycles. The van der Waals surface area contributed by atoms with Crippen LogP contribution in [0.4, 0.5) is 0 Å². The summed E-state index contributed by atoms with van der Waals surface area (Å²) in [6, 6.07) is 8.29. The van der Waals surface area contributed by atoms with E-state index in [0.717, 1.165) is 59.9 Å². The zero-order valence-corrected chi connectivity index (χ0v) is 16.6. The Hall–Kier alpha value is -3.13. The Morgan fingerprint density at radius 2 is 2.00 bits per heavy atom. The fourth-order valence-corrected chi connectivity index (χ4v) is 4.29. The molecule has 5 heterocycles. The van der Waals surface area contributed by atoms with E-state index in [1.807, 2.05) is 44.8 Å². The molecule has 0 N–H and O–H groups in total. The van der Waals surface area contributed by atoms with Crippen molar-refractivity contribution < 1.29 is 4.74 Å². The number of hydrogen-bond acceptors (Lipinski definition) is 6. The summed E-state index contributed by atoms with van der Waals surface area (Å²) in [6.07, 6.45) is 7.61. The van der Waals surface area contributed by atoms with Gasteiger partial charge in [-0.25, -0.2) is 9.67 Å². The van der Waals surface area contributed by atoms with Crippen LogP contribution >= 0.6 is 0 Å². The molecule has 8 heteroatoms. The summed E-state index contributed by atoms with van der Waals surface area (Å²) in [5.74, 6) is 0.438. The first-order valence-electron chi connectivity index (χ1n) is 9.90. The Balaban J connectivity index is 1.66. The summed E-state index contributed by atoms with van der Waals surface area (Å²) in [5.41, 5.74) is 5.58. The van der Waals surface area contributed by atoms with Crippen LogP contribution in [0.1, 0.15) is 30.3 Å². The molecule has 4 aromatic heterocycles. The smallest absolute Gasteiger partial charge is 0.110 e. The molecule has 0 amide bonds. The van der Waals surface area contributed by atoms with Gasteiger partial charge in [0.1, 0.15) is 11.2 Å². The third-order valence-corrected chi connectivity index (χ3v) is 5.70. The number of imidazole rings is 1. The standard InChI is InChI=1S/C21H23N7O/c1-14-20(27(2)26-25-14)17-11-19-18(12-23-17)24-13-28(19)21(15-6-9-29-10-7-15)16-5-3-4-8-22-16/h3-5,8,11-13,15,21H,6-7,9-10H2,1-2H3/t21-/m0/s1. The van der Waals surface area contributed by atoms with E-state index in [2.05, 4.69) is 42.0 Å². The highest BCUT2D eigenvalue weighted by molar-refractivity contribution is 5.79. The van der Waals surface area contributed by atoms with Crippen LogP contribution in [0.25, 0.3) is 22.4 Å². The van der Waals surface area contributed by atoms with Crippen LogP contribution < -0.4 is 0 Å². The minimum Gasteiger partial charge on any atom is -0.381 e. The lowest BCUT2D eigenvalue weighted by Gasteiger charge is -2.31. The molecule has 148 valence electrons. The summed E-state index contributed by atoms with van der Waals surface area (Å²) in [4.78, 5) is 13.9. The molecule has 8 nitrogen and oxygen atoms in total. The SMILES string of the molecule is Cc1nnn(C)c1-c1cc2c(cn1)ncn2[C@H](c1ccccn1)C1CCOCC1. The van der Waals surface area contributed by atoms with Gasteiger partial charge in [-0.1, -0.05) is 11.3 Å². The molecule has 4 aromatic rings. The molecule has 0 saturated carbocycles. The average molecular weight is 389 g/mol. The second-order valence-corrected chi connectivity index (χ2v) is 7.51. The molecule has 5 rings (SSSR count). The van der Waals surface area contributed by atoms with E-state index in [0.29, 0.717) is 5.92 Å². The van der Waals surface area contributed by atoms with Crippen molar-refractivity contribution >= 4 is 11.0 Å². The normalized spacial score (nSPS) is 16.3. The third-order valence-electron chi connectivity index (χ3n) is 5.70. The highest BCUT2D eigenvalue weighted by Crippen LogP contribution is 2.35. The molecule has 0 spiro atoms. The Morgan fingerprint density at radius 1 is 1.14 bits per heavy atom. The number of hydrogen-bond donors (Lipinski definition) is 0. The first-order valence-corrected chi connectivity index (χ1v) is 9.90. The van der Waals surface area contributed by atoms with E-state index in [4.69, 9.17) is 4.74 Å². The van der Waals surface area contributed by atoms with Gasteiger partial charge in [0, 0.05) is 26.5 Å². The number of pyridine rings is 2. The summed E-state index contributed by atoms with van der Waals surface area (Å²) >= 11 is 0. The molecule has 0 aliphatic carbocycles. The Kier molecular flexibility index (Phi) is 4.55. The molecular formula is C21H23N7O. The predicted molar refractivity (Wildman–Crippen MR) is 108 cm³/mol. The monoisotopic (exact) mass is 389 g/mol. The molecule has 1 atom stereocenters. The second kappa shape index (κ2) is 7.36. The molecular weight excluding hydrogens is 366 g/mol. The minimum atomic E-state index is 0.103. The van der Waals surface area contributed by atoms with Gasteiger partial charge in [-0.05, 0) is 43.9 Å². The highest BCUT2D eigenvalue weighted by Gasteiger charge is 2.29. The maximum atomic E-state index is 5.61. The van der Waals surface area contributed by atoms with Crippen LogP contribution in [0, 0.1) is 12.8 Å². The molecule has 1 saturated heterocycles. The summed E-state index contributed by atoms with van der Waals surface area (Å²) in [5, 5.41) is 8.28. The second-order valence-electron chi connectivity index (χ2n) is 7.51. The number of rotatable bonds is 4. The van der Waals surface area contributed by atoms with Crippen LogP contribution in [0.2, 0.25) is 0 Å². The molecule has 0 bridgehead atoms. The van der Waals surface area contributed by atoms with Gasteiger partial charge in [-0.15, -0.1) is 5.10 Å². The van der Waals surface area contributed by atoms with Crippen molar-refractivity contribution in [2.75, 3.05) is 13.2 Å². The highest BCUT2D eigenvalue weighted by atomic mass is 16.5. The summed E-state index contributed by atoms with van der Waals surface area (Å²) in [7, 11) is 1.89. The van der Waals surface area contributed by atoms with E-state index in [-0.39, 0.29) is 6.04 Å². The van der Waals surface area contributed by atoms with Crippen LogP contribution in [-0.4, -0.2) is 47.7 Å².